The van der Waals surface area contributed by atoms with Gasteiger partial charge in [0.1, 0.15) is 17.4 Å². The van der Waals surface area contributed by atoms with E-state index in [0.717, 1.165) is 6.07 Å². The Balaban J connectivity index is 2.22. The van der Waals surface area contributed by atoms with Crippen LogP contribution in [0, 0.1) is 11.6 Å². The molecule has 2 aromatic carbocycles. The van der Waals surface area contributed by atoms with E-state index in [1.54, 1.807) is 12.1 Å². The summed E-state index contributed by atoms with van der Waals surface area (Å²) in [7, 11) is 1.48. The van der Waals surface area contributed by atoms with E-state index in [0.29, 0.717) is 11.6 Å². The first-order valence-corrected chi connectivity index (χ1v) is 6.16. The molecule has 0 saturated carbocycles. The van der Waals surface area contributed by atoms with Crippen LogP contribution in [0.25, 0.3) is 0 Å². The van der Waals surface area contributed by atoms with Crippen molar-refractivity contribution in [1.82, 2.24) is 4.90 Å². The van der Waals surface area contributed by atoms with Crippen LogP contribution in [0.2, 0.25) is 0 Å². The van der Waals surface area contributed by atoms with Gasteiger partial charge < -0.3 is 15.7 Å². The highest BCUT2D eigenvalue weighted by atomic mass is 19.1. The summed E-state index contributed by atoms with van der Waals surface area (Å²) in [4.78, 5) is 13.4. The van der Waals surface area contributed by atoms with Gasteiger partial charge in [0.05, 0.1) is 11.3 Å². The summed E-state index contributed by atoms with van der Waals surface area (Å²) in [6.45, 7) is 0.171. The minimum atomic E-state index is -0.963. The van der Waals surface area contributed by atoms with Gasteiger partial charge in [-0.2, -0.15) is 0 Å². The summed E-state index contributed by atoms with van der Waals surface area (Å²) in [6.07, 6.45) is 0. The summed E-state index contributed by atoms with van der Waals surface area (Å²) in [5.74, 6) is -2.41. The Morgan fingerprint density at radius 1 is 1.24 bits per heavy atom. The molecule has 0 atom stereocenters. The maximum Gasteiger partial charge on any atom is 0.256 e. The van der Waals surface area contributed by atoms with Gasteiger partial charge in [-0.25, -0.2) is 8.78 Å². The Labute approximate surface area is 120 Å². The first kappa shape index (κ1) is 14.8. The summed E-state index contributed by atoms with van der Waals surface area (Å²) in [5, 5.41) is 9.37. The molecule has 0 aliphatic heterocycles. The number of hydrogen-bond donors (Lipinski definition) is 2. The third-order valence-electron chi connectivity index (χ3n) is 2.99. The molecule has 2 rings (SSSR count). The molecule has 4 nitrogen and oxygen atoms in total. The number of phenols is 1. The predicted molar refractivity (Wildman–Crippen MR) is 74.7 cm³/mol. The van der Waals surface area contributed by atoms with Gasteiger partial charge in [-0.1, -0.05) is 12.1 Å². The van der Waals surface area contributed by atoms with Gasteiger partial charge in [0.15, 0.2) is 0 Å². The van der Waals surface area contributed by atoms with Crippen LogP contribution in [0.3, 0.4) is 0 Å². The SMILES string of the molecule is CN(Cc1cccc(O)c1)C(=O)c1cc(N)c(F)cc1F. The first-order valence-electron chi connectivity index (χ1n) is 6.16. The molecule has 2 aromatic rings. The lowest BCUT2D eigenvalue weighted by atomic mass is 10.1. The zero-order valence-electron chi connectivity index (χ0n) is 11.3. The molecular weight excluding hydrogens is 278 g/mol. The van der Waals surface area contributed by atoms with E-state index in [9.17, 15) is 18.7 Å². The van der Waals surface area contributed by atoms with E-state index >= 15 is 0 Å². The van der Waals surface area contributed by atoms with Crippen molar-refractivity contribution in [2.75, 3.05) is 12.8 Å². The van der Waals surface area contributed by atoms with Crippen LogP contribution < -0.4 is 5.73 Å². The Hall–Kier alpha value is -2.63. The molecule has 0 spiro atoms. The third kappa shape index (κ3) is 3.28. The van der Waals surface area contributed by atoms with Crippen LogP contribution in [-0.4, -0.2) is 23.0 Å². The van der Waals surface area contributed by atoms with E-state index < -0.39 is 17.5 Å². The van der Waals surface area contributed by atoms with E-state index in [-0.39, 0.29) is 23.5 Å². The average Bonchev–Trinajstić information content (AvgIpc) is 2.42. The van der Waals surface area contributed by atoms with Crippen molar-refractivity contribution in [1.29, 1.82) is 0 Å². The van der Waals surface area contributed by atoms with Crippen molar-refractivity contribution >= 4 is 11.6 Å². The molecule has 0 aromatic heterocycles. The Morgan fingerprint density at radius 3 is 2.62 bits per heavy atom. The number of rotatable bonds is 3. The number of halogens is 2. The maximum absolute atomic E-state index is 13.7. The van der Waals surface area contributed by atoms with E-state index in [2.05, 4.69) is 0 Å². The molecule has 0 unspecified atom stereocenters. The van der Waals surface area contributed by atoms with Crippen molar-refractivity contribution in [3.05, 3.63) is 59.2 Å². The largest absolute Gasteiger partial charge is 0.508 e. The number of benzene rings is 2. The van der Waals surface area contributed by atoms with Crippen LogP contribution >= 0.6 is 0 Å². The van der Waals surface area contributed by atoms with Crippen molar-refractivity contribution < 1.29 is 18.7 Å². The zero-order chi connectivity index (χ0) is 15.6. The number of nitrogen functional groups attached to an aromatic ring is 1. The van der Waals surface area contributed by atoms with Gasteiger partial charge in [-0.05, 0) is 23.8 Å². The molecule has 0 aliphatic rings. The number of carbonyl (C=O) groups is 1. The number of hydrogen-bond acceptors (Lipinski definition) is 3. The number of amides is 1. The fourth-order valence-corrected chi connectivity index (χ4v) is 1.94. The van der Waals surface area contributed by atoms with Gasteiger partial charge in [-0.3, -0.25) is 4.79 Å². The van der Waals surface area contributed by atoms with Crippen LogP contribution in [-0.2, 0) is 6.54 Å². The fraction of sp³-hybridized carbons (Fsp3) is 0.133. The second-order valence-electron chi connectivity index (χ2n) is 4.68. The lowest BCUT2D eigenvalue weighted by Gasteiger charge is -2.18. The molecule has 6 heteroatoms. The topological polar surface area (TPSA) is 66.6 Å². The highest BCUT2D eigenvalue weighted by molar-refractivity contribution is 5.95. The van der Waals surface area contributed by atoms with E-state index in [1.807, 2.05) is 0 Å². The molecule has 110 valence electrons. The maximum atomic E-state index is 13.7. The predicted octanol–water partition coefficient (Wildman–Crippen LogP) is 2.52. The van der Waals surface area contributed by atoms with Crippen LogP contribution in [0.15, 0.2) is 36.4 Å². The summed E-state index contributed by atoms with van der Waals surface area (Å²) >= 11 is 0. The zero-order valence-corrected chi connectivity index (χ0v) is 11.3. The standard InChI is InChI=1S/C15H14F2N2O2/c1-19(8-9-3-2-4-10(20)5-9)15(21)11-6-14(18)13(17)7-12(11)16/h2-7,20H,8,18H2,1H3. The molecule has 0 aliphatic carbocycles. The lowest BCUT2D eigenvalue weighted by molar-refractivity contribution is 0.0780. The number of aromatic hydroxyl groups is 1. The number of anilines is 1. The normalized spacial score (nSPS) is 10.4. The van der Waals surface area contributed by atoms with Crippen LogP contribution in [0.5, 0.6) is 5.75 Å². The Bertz CT molecular complexity index is 689. The quantitative estimate of drug-likeness (QED) is 0.854. The summed E-state index contributed by atoms with van der Waals surface area (Å²) in [5.41, 5.74) is 5.45. The van der Waals surface area contributed by atoms with E-state index in [4.69, 9.17) is 5.73 Å². The first-order chi connectivity index (χ1) is 9.88. The highest BCUT2D eigenvalue weighted by Gasteiger charge is 2.18. The molecule has 0 saturated heterocycles. The molecule has 0 heterocycles. The van der Waals surface area contributed by atoms with Gasteiger partial charge >= 0.3 is 0 Å². The van der Waals surface area contributed by atoms with Crippen molar-refractivity contribution in [2.24, 2.45) is 0 Å². The smallest absolute Gasteiger partial charge is 0.256 e. The van der Waals surface area contributed by atoms with Gasteiger partial charge in [0.2, 0.25) is 0 Å². The number of nitrogens with zero attached hydrogens (tertiary/aromatic N) is 1. The van der Waals surface area contributed by atoms with Crippen LogP contribution in [0.1, 0.15) is 15.9 Å². The van der Waals surface area contributed by atoms with Crippen molar-refractivity contribution in [2.45, 2.75) is 6.54 Å². The van der Waals surface area contributed by atoms with Gasteiger partial charge in [-0.15, -0.1) is 0 Å². The number of phenolic OH excluding ortho intramolecular Hbond substituents is 1. The highest BCUT2D eigenvalue weighted by Crippen LogP contribution is 2.19. The lowest BCUT2D eigenvalue weighted by Crippen LogP contribution is -2.27. The molecule has 3 N–H and O–H groups in total. The molecule has 21 heavy (non-hydrogen) atoms. The second-order valence-corrected chi connectivity index (χ2v) is 4.68. The van der Waals surface area contributed by atoms with Crippen molar-refractivity contribution in [3.8, 4) is 5.75 Å². The average molecular weight is 292 g/mol. The molecular formula is C15H14F2N2O2. The number of carbonyl (C=O) groups excluding carboxylic acids is 1. The van der Waals surface area contributed by atoms with Crippen molar-refractivity contribution in [3.63, 3.8) is 0 Å². The summed E-state index contributed by atoms with van der Waals surface area (Å²) < 4.78 is 26.8. The van der Waals surface area contributed by atoms with Crippen LogP contribution in [0.4, 0.5) is 14.5 Å². The minimum absolute atomic E-state index is 0.0746. The van der Waals surface area contributed by atoms with E-state index in [1.165, 1.54) is 24.1 Å². The summed E-state index contributed by atoms with van der Waals surface area (Å²) in [6, 6.07) is 7.93. The minimum Gasteiger partial charge on any atom is -0.508 e. The number of nitrogens with two attached hydrogens (primary N) is 1. The Morgan fingerprint density at radius 2 is 1.95 bits per heavy atom. The molecule has 0 fully saturated rings. The molecule has 1 amide bonds. The Kier molecular flexibility index (Phi) is 4.07. The molecule has 0 bridgehead atoms. The third-order valence-corrected chi connectivity index (χ3v) is 2.99. The monoisotopic (exact) mass is 292 g/mol. The fourth-order valence-electron chi connectivity index (χ4n) is 1.94. The molecule has 0 radical (unpaired) electrons. The van der Waals surface area contributed by atoms with Gasteiger partial charge in [0, 0.05) is 19.7 Å². The van der Waals surface area contributed by atoms with Gasteiger partial charge in [0.25, 0.3) is 5.91 Å². The second kappa shape index (κ2) is 5.78.